The Morgan fingerprint density at radius 3 is 2.47 bits per heavy atom. The zero-order valence-electron chi connectivity index (χ0n) is 16.8. The van der Waals surface area contributed by atoms with Gasteiger partial charge in [-0.25, -0.2) is 0 Å². The largest absolute Gasteiger partial charge is 0.497 e. The van der Waals surface area contributed by atoms with E-state index in [-0.39, 0.29) is 16.7 Å². The lowest BCUT2D eigenvalue weighted by Crippen LogP contribution is -2.29. The third-order valence-electron chi connectivity index (χ3n) is 4.56. The van der Waals surface area contributed by atoms with Crippen LogP contribution in [0.5, 0.6) is 11.5 Å². The normalized spacial score (nSPS) is 17.3. The Hall–Kier alpha value is -3.44. The van der Waals surface area contributed by atoms with Crippen LogP contribution in [0.3, 0.4) is 0 Å². The molecule has 1 N–H and O–H groups in total. The Morgan fingerprint density at radius 2 is 1.87 bits per heavy atom. The van der Waals surface area contributed by atoms with Crippen molar-refractivity contribution >= 4 is 35.0 Å². The van der Waals surface area contributed by atoms with Crippen LogP contribution in [0.15, 0.2) is 59.1 Å². The number of methoxy groups -OCH3 is 2. The Balaban J connectivity index is 2.02. The van der Waals surface area contributed by atoms with Gasteiger partial charge in [-0.1, -0.05) is 30.8 Å². The molecular formula is C22H21N3O4S. The molecule has 0 bridgehead atoms. The molecule has 1 fully saturated rings. The molecule has 2 aromatic carbocycles. The molecule has 7 nitrogen and oxygen atoms in total. The molecule has 30 heavy (non-hydrogen) atoms. The monoisotopic (exact) mass is 423 g/mol. The Labute approximate surface area is 179 Å². The first kappa shape index (κ1) is 21.3. The van der Waals surface area contributed by atoms with Gasteiger partial charge in [0.2, 0.25) is 5.91 Å². The minimum Gasteiger partial charge on any atom is -0.497 e. The third-order valence-corrected chi connectivity index (χ3v) is 5.99. The van der Waals surface area contributed by atoms with E-state index in [0.29, 0.717) is 34.3 Å². The van der Waals surface area contributed by atoms with Crippen LogP contribution in [-0.2, 0) is 9.59 Å². The highest BCUT2D eigenvalue weighted by atomic mass is 32.2. The van der Waals surface area contributed by atoms with E-state index < -0.39 is 5.91 Å². The molecule has 154 valence electrons. The fourth-order valence-electron chi connectivity index (χ4n) is 3.01. The van der Waals surface area contributed by atoms with E-state index in [1.165, 1.54) is 23.8 Å². The molecule has 1 atom stereocenters. The molecule has 0 spiro atoms. The van der Waals surface area contributed by atoms with Gasteiger partial charge in [0.25, 0.3) is 5.91 Å². The van der Waals surface area contributed by atoms with Crippen LogP contribution in [0.2, 0.25) is 0 Å². The van der Waals surface area contributed by atoms with Crippen molar-refractivity contribution in [1.82, 2.24) is 0 Å². The zero-order valence-corrected chi connectivity index (χ0v) is 17.7. The first-order chi connectivity index (χ1) is 14.5. The average molecular weight is 423 g/mol. The molecule has 0 aliphatic carbocycles. The molecule has 0 radical (unpaired) electrons. The van der Waals surface area contributed by atoms with Gasteiger partial charge in [0.1, 0.15) is 28.2 Å². The first-order valence-electron chi connectivity index (χ1n) is 9.27. The van der Waals surface area contributed by atoms with Crippen LogP contribution in [0.1, 0.15) is 13.3 Å². The van der Waals surface area contributed by atoms with Crippen LogP contribution >= 0.6 is 11.8 Å². The van der Waals surface area contributed by atoms with Gasteiger partial charge in [0.05, 0.1) is 25.2 Å². The van der Waals surface area contributed by atoms with Crippen molar-refractivity contribution in [2.45, 2.75) is 18.6 Å². The van der Waals surface area contributed by atoms with E-state index in [9.17, 15) is 14.9 Å². The quantitative estimate of drug-likeness (QED) is 0.559. The highest BCUT2D eigenvalue weighted by Crippen LogP contribution is 2.42. The number of nitrogens with zero attached hydrogens (tertiary/aromatic N) is 2. The lowest BCUT2D eigenvalue weighted by atomic mass is 10.2. The van der Waals surface area contributed by atoms with Crippen LogP contribution in [0.25, 0.3) is 0 Å². The standard InChI is InChI=1S/C22H21N3O4S/c1-4-19-21(27)25(14-9-11-15(28-2)12-10-14)22(30-19)16(13-23)20(26)24-17-7-5-6-8-18(17)29-3/h5-12,19H,4H2,1-3H3,(H,24,26)/b22-16-. The number of ether oxygens (including phenoxy) is 2. The molecule has 1 saturated heterocycles. The number of hydrogen-bond donors (Lipinski definition) is 1. The van der Waals surface area contributed by atoms with Crippen LogP contribution < -0.4 is 19.7 Å². The summed E-state index contributed by atoms with van der Waals surface area (Å²) in [4.78, 5) is 27.4. The number of rotatable bonds is 6. The number of benzene rings is 2. The van der Waals surface area contributed by atoms with Crippen molar-refractivity contribution in [2.24, 2.45) is 0 Å². The maximum Gasteiger partial charge on any atom is 0.269 e. The lowest BCUT2D eigenvalue weighted by molar-refractivity contribution is -0.117. The van der Waals surface area contributed by atoms with Crippen molar-refractivity contribution in [3.05, 3.63) is 59.1 Å². The number of nitrogens with one attached hydrogen (secondary N) is 1. The second-order valence-electron chi connectivity index (χ2n) is 6.33. The molecule has 1 heterocycles. The number of anilines is 2. The van der Waals surface area contributed by atoms with E-state index in [2.05, 4.69) is 5.32 Å². The summed E-state index contributed by atoms with van der Waals surface area (Å²) in [7, 11) is 3.05. The topological polar surface area (TPSA) is 91.7 Å². The maximum atomic E-state index is 13.0. The smallest absolute Gasteiger partial charge is 0.269 e. The molecule has 2 amide bonds. The van der Waals surface area contributed by atoms with Crippen molar-refractivity contribution in [3.8, 4) is 17.6 Å². The van der Waals surface area contributed by atoms with Crippen LogP contribution in [-0.4, -0.2) is 31.3 Å². The molecular weight excluding hydrogens is 402 g/mol. The fourth-order valence-corrected chi connectivity index (χ4v) is 4.21. The van der Waals surface area contributed by atoms with Crippen molar-refractivity contribution in [1.29, 1.82) is 5.26 Å². The molecule has 1 unspecified atom stereocenters. The highest BCUT2D eigenvalue weighted by molar-refractivity contribution is 8.05. The van der Waals surface area contributed by atoms with Crippen LogP contribution in [0.4, 0.5) is 11.4 Å². The summed E-state index contributed by atoms with van der Waals surface area (Å²) in [5, 5.41) is 12.4. The fraction of sp³-hybridized carbons (Fsp3) is 0.227. The summed E-state index contributed by atoms with van der Waals surface area (Å²) in [5.41, 5.74) is 0.874. The number of nitriles is 1. The second-order valence-corrected chi connectivity index (χ2v) is 7.52. The highest BCUT2D eigenvalue weighted by Gasteiger charge is 2.39. The molecule has 0 aromatic heterocycles. The molecule has 0 saturated carbocycles. The van der Waals surface area contributed by atoms with Gasteiger partial charge in [0.15, 0.2) is 0 Å². The van der Waals surface area contributed by atoms with Gasteiger partial charge in [0, 0.05) is 5.69 Å². The molecule has 1 aliphatic heterocycles. The number of para-hydroxylation sites is 2. The number of thioether (sulfide) groups is 1. The van der Waals surface area contributed by atoms with Gasteiger partial charge in [-0.2, -0.15) is 5.26 Å². The first-order valence-corrected chi connectivity index (χ1v) is 10.1. The van der Waals surface area contributed by atoms with Gasteiger partial charge in [-0.05, 0) is 42.8 Å². The Bertz CT molecular complexity index is 1030. The summed E-state index contributed by atoms with van der Waals surface area (Å²) in [6.45, 7) is 1.89. The third kappa shape index (κ3) is 4.11. The van der Waals surface area contributed by atoms with E-state index >= 15 is 0 Å². The number of carbonyl (C=O) groups excluding carboxylic acids is 2. The van der Waals surface area contributed by atoms with Gasteiger partial charge in [-0.15, -0.1) is 0 Å². The van der Waals surface area contributed by atoms with Crippen molar-refractivity contribution < 1.29 is 19.1 Å². The predicted octanol–water partition coefficient (Wildman–Crippen LogP) is 3.94. The molecule has 3 rings (SSSR count). The maximum absolute atomic E-state index is 13.0. The van der Waals surface area contributed by atoms with Gasteiger partial charge >= 0.3 is 0 Å². The lowest BCUT2D eigenvalue weighted by Gasteiger charge is -2.19. The second kappa shape index (κ2) is 9.37. The number of amides is 2. The Morgan fingerprint density at radius 1 is 1.17 bits per heavy atom. The summed E-state index contributed by atoms with van der Waals surface area (Å²) in [6.07, 6.45) is 0.576. The summed E-state index contributed by atoms with van der Waals surface area (Å²) < 4.78 is 10.4. The zero-order chi connectivity index (χ0) is 21.7. The number of hydrogen-bond acceptors (Lipinski definition) is 6. The summed E-state index contributed by atoms with van der Waals surface area (Å²) in [6, 6.07) is 15.8. The molecule has 8 heteroatoms. The van der Waals surface area contributed by atoms with Crippen molar-refractivity contribution in [2.75, 3.05) is 24.4 Å². The summed E-state index contributed by atoms with van der Waals surface area (Å²) >= 11 is 1.22. The van der Waals surface area contributed by atoms with Gasteiger partial charge in [-0.3, -0.25) is 14.5 Å². The predicted molar refractivity (Wildman–Crippen MR) is 116 cm³/mol. The minimum atomic E-state index is -0.604. The van der Waals surface area contributed by atoms with E-state index in [0.717, 1.165) is 0 Å². The van der Waals surface area contributed by atoms with Crippen LogP contribution in [0, 0.1) is 11.3 Å². The Kier molecular flexibility index (Phi) is 6.65. The van der Waals surface area contributed by atoms with Gasteiger partial charge < -0.3 is 14.8 Å². The summed E-state index contributed by atoms with van der Waals surface area (Å²) in [5.74, 6) is 0.347. The average Bonchev–Trinajstić information content (AvgIpc) is 3.10. The van der Waals surface area contributed by atoms with E-state index in [1.54, 1.807) is 55.6 Å². The van der Waals surface area contributed by atoms with E-state index in [4.69, 9.17) is 9.47 Å². The van der Waals surface area contributed by atoms with E-state index in [1.807, 2.05) is 13.0 Å². The van der Waals surface area contributed by atoms with Crippen molar-refractivity contribution in [3.63, 3.8) is 0 Å². The molecule has 1 aliphatic rings. The molecule has 2 aromatic rings. The SMILES string of the molecule is CCC1S/C(=C(/C#N)C(=O)Nc2ccccc2OC)N(c2ccc(OC)cc2)C1=O. The minimum absolute atomic E-state index is 0.133. The number of carbonyl (C=O) groups is 2.